The first kappa shape index (κ1) is 22.7. The Morgan fingerprint density at radius 3 is 1.83 bits per heavy atom. The Balaban J connectivity index is 3.12. The lowest BCUT2D eigenvalue weighted by atomic mass is 10.4. The number of carbonyl (C=O) groups is 2. The van der Waals surface area contributed by atoms with Crippen LogP contribution in [0.4, 0.5) is 0 Å². The molecule has 2 amide bonds. The van der Waals surface area contributed by atoms with E-state index in [1.165, 1.54) is 0 Å². The Morgan fingerprint density at radius 1 is 0.750 bits per heavy atom. The van der Waals surface area contributed by atoms with Crippen molar-refractivity contribution in [2.75, 3.05) is 65.9 Å². The van der Waals surface area contributed by atoms with Crippen molar-refractivity contribution < 1.29 is 28.5 Å². The van der Waals surface area contributed by atoms with E-state index in [0.29, 0.717) is 52.6 Å². The topological polar surface area (TPSA) is 147 Å². The maximum absolute atomic E-state index is 11.3. The van der Waals surface area contributed by atoms with Crippen LogP contribution < -0.4 is 22.3 Å². The van der Waals surface area contributed by atoms with Gasteiger partial charge in [0.2, 0.25) is 11.8 Å². The second kappa shape index (κ2) is 18.0. The van der Waals surface area contributed by atoms with Gasteiger partial charge in [0.1, 0.15) is 13.2 Å². The van der Waals surface area contributed by atoms with E-state index in [0.717, 1.165) is 13.0 Å². The largest absolute Gasteiger partial charge is 0.379 e. The molecule has 24 heavy (non-hydrogen) atoms. The number of primary amides is 1. The van der Waals surface area contributed by atoms with Gasteiger partial charge in [0, 0.05) is 26.3 Å². The summed E-state index contributed by atoms with van der Waals surface area (Å²) >= 11 is 0. The standard InChI is InChI=1S/C14H30N4O6/c15-13(19)11-24-12-14(20)17-3-1-5-21-7-9-23-10-8-22-6-2-4-18-16/h18H,1-12,16H2,(H2,15,19)(H,17,20). The quantitative estimate of drug-likeness (QED) is 0.125. The van der Waals surface area contributed by atoms with E-state index in [4.69, 9.17) is 30.5 Å². The Hall–Kier alpha value is -1.30. The summed E-state index contributed by atoms with van der Waals surface area (Å²) in [6, 6.07) is 0. The lowest BCUT2D eigenvalue weighted by Gasteiger charge is -2.07. The molecule has 0 aromatic carbocycles. The molecule has 0 aliphatic heterocycles. The van der Waals surface area contributed by atoms with E-state index in [-0.39, 0.29) is 19.1 Å². The Labute approximate surface area is 142 Å². The van der Waals surface area contributed by atoms with Gasteiger partial charge in [-0.1, -0.05) is 0 Å². The summed E-state index contributed by atoms with van der Waals surface area (Å²) in [4.78, 5) is 21.7. The maximum atomic E-state index is 11.3. The molecular formula is C14H30N4O6. The van der Waals surface area contributed by atoms with Crippen molar-refractivity contribution in [1.29, 1.82) is 0 Å². The van der Waals surface area contributed by atoms with Crippen LogP contribution in [0.3, 0.4) is 0 Å². The van der Waals surface area contributed by atoms with Crippen molar-refractivity contribution in [3.63, 3.8) is 0 Å². The second-order valence-corrected chi connectivity index (χ2v) is 4.81. The van der Waals surface area contributed by atoms with Gasteiger partial charge in [-0.15, -0.1) is 0 Å². The van der Waals surface area contributed by atoms with Crippen LogP contribution in [0.2, 0.25) is 0 Å². The number of nitrogens with two attached hydrogens (primary N) is 2. The minimum Gasteiger partial charge on any atom is -0.379 e. The molecule has 0 radical (unpaired) electrons. The highest BCUT2D eigenvalue weighted by Crippen LogP contribution is 1.85. The van der Waals surface area contributed by atoms with Crippen molar-refractivity contribution >= 4 is 11.8 Å². The molecule has 10 heteroatoms. The van der Waals surface area contributed by atoms with Crippen molar-refractivity contribution in [2.45, 2.75) is 12.8 Å². The Kier molecular flexibility index (Phi) is 17.1. The zero-order chi connectivity index (χ0) is 17.9. The van der Waals surface area contributed by atoms with Crippen molar-refractivity contribution in [2.24, 2.45) is 11.6 Å². The number of hydrogen-bond acceptors (Lipinski definition) is 8. The molecule has 0 heterocycles. The van der Waals surface area contributed by atoms with Gasteiger partial charge < -0.3 is 30.0 Å². The van der Waals surface area contributed by atoms with Gasteiger partial charge >= 0.3 is 0 Å². The van der Waals surface area contributed by atoms with Crippen LogP contribution in [0.1, 0.15) is 12.8 Å². The first-order chi connectivity index (χ1) is 11.7. The predicted molar refractivity (Wildman–Crippen MR) is 86.9 cm³/mol. The van der Waals surface area contributed by atoms with Crippen LogP contribution in [0, 0.1) is 0 Å². The predicted octanol–water partition coefficient (Wildman–Crippen LogP) is -2.10. The second-order valence-electron chi connectivity index (χ2n) is 4.81. The number of hydrogen-bond donors (Lipinski definition) is 4. The molecule has 142 valence electrons. The smallest absolute Gasteiger partial charge is 0.246 e. The minimum absolute atomic E-state index is 0.178. The molecule has 0 saturated heterocycles. The molecule has 0 aliphatic carbocycles. The Bertz CT molecular complexity index is 320. The van der Waals surface area contributed by atoms with Gasteiger partial charge in [-0.25, -0.2) is 0 Å². The average Bonchev–Trinajstić information content (AvgIpc) is 2.55. The SMILES string of the molecule is NNCCCOCCOCCOCCCNC(=O)COCC(N)=O. The van der Waals surface area contributed by atoms with Crippen LogP contribution >= 0.6 is 0 Å². The van der Waals surface area contributed by atoms with E-state index in [1.807, 2.05) is 0 Å². The highest BCUT2D eigenvalue weighted by Gasteiger charge is 2.02. The van der Waals surface area contributed by atoms with Crippen LogP contribution in [0.5, 0.6) is 0 Å². The third kappa shape index (κ3) is 18.7. The molecule has 0 unspecified atom stereocenters. The van der Waals surface area contributed by atoms with Gasteiger partial charge in [0.05, 0.1) is 26.4 Å². The monoisotopic (exact) mass is 350 g/mol. The average molecular weight is 350 g/mol. The number of ether oxygens (including phenoxy) is 4. The third-order valence-electron chi connectivity index (χ3n) is 2.62. The zero-order valence-corrected chi connectivity index (χ0v) is 14.1. The molecule has 0 spiro atoms. The molecule has 0 saturated carbocycles. The number of rotatable bonds is 18. The summed E-state index contributed by atoms with van der Waals surface area (Å²) in [7, 11) is 0. The molecule has 0 rings (SSSR count). The van der Waals surface area contributed by atoms with E-state index < -0.39 is 5.91 Å². The van der Waals surface area contributed by atoms with E-state index in [9.17, 15) is 9.59 Å². The maximum Gasteiger partial charge on any atom is 0.246 e. The van der Waals surface area contributed by atoms with Crippen molar-refractivity contribution in [3.8, 4) is 0 Å². The number of hydrazine groups is 1. The molecule has 0 atom stereocenters. The third-order valence-corrected chi connectivity index (χ3v) is 2.62. The molecule has 6 N–H and O–H groups in total. The number of nitrogens with one attached hydrogen (secondary N) is 2. The molecule has 0 aliphatic rings. The highest BCUT2D eigenvalue weighted by atomic mass is 16.5. The fourth-order valence-electron chi connectivity index (χ4n) is 1.52. The van der Waals surface area contributed by atoms with Crippen LogP contribution in [-0.2, 0) is 28.5 Å². The first-order valence-electron chi connectivity index (χ1n) is 7.96. The lowest BCUT2D eigenvalue weighted by molar-refractivity contribution is -0.129. The van der Waals surface area contributed by atoms with E-state index in [2.05, 4.69) is 10.7 Å². The van der Waals surface area contributed by atoms with Gasteiger partial charge in [0.15, 0.2) is 0 Å². The van der Waals surface area contributed by atoms with Gasteiger partial charge in [-0.05, 0) is 12.8 Å². The molecule has 10 nitrogen and oxygen atoms in total. The van der Waals surface area contributed by atoms with Crippen LogP contribution in [-0.4, -0.2) is 77.8 Å². The number of amides is 2. The molecular weight excluding hydrogens is 320 g/mol. The Morgan fingerprint density at radius 2 is 1.29 bits per heavy atom. The number of carbonyl (C=O) groups excluding carboxylic acids is 2. The van der Waals surface area contributed by atoms with Gasteiger partial charge in [0.25, 0.3) is 0 Å². The fraction of sp³-hybridized carbons (Fsp3) is 0.857. The summed E-state index contributed by atoms with van der Waals surface area (Å²) in [5.41, 5.74) is 7.43. The summed E-state index contributed by atoms with van der Waals surface area (Å²) in [5.74, 6) is 4.23. The van der Waals surface area contributed by atoms with Crippen LogP contribution in [0.15, 0.2) is 0 Å². The molecule has 0 bridgehead atoms. The normalized spacial score (nSPS) is 10.7. The summed E-state index contributed by atoms with van der Waals surface area (Å²) in [6.45, 7) is 4.02. The summed E-state index contributed by atoms with van der Waals surface area (Å²) in [5, 5.41) is 2.64. The summed E-state index contributed by atoms with van der Waals surface area (Å²) in [6.07, 6.45) is 1.55. The lowest BCUT2D eigenvalue weighted by Crippen LogP contribution is -2.30. The molecule has 0 fully saturated rings. The van der Waals surface area contributed by atoms with Crippen molar-refractivity contribution in [3.05, 3.63) is 0 Å². The zero-order valence-electron chi connectivity index (χ0n) is 14.1. The molecule has 0 aromatic rings. The summed E-state index contributed by atoms with van der Waals surface area (Å²) < 4.78 is 20.8. The molecule has 0 aromatic heterocycles. The minimum atomic E-state index is -0.603. The van der Waals surface area contributed by atoms with Gasteiger partial charge in [-0.2, -0.15) is 0 Å². The van der Waals surface area contributed by atoms with Crippen molar-refractivity contribution in [1.82, 2.24) is 10.7 Å². The fourth-order valence-corrected chi connectivity index (χ4v) is 1.52. The van der Waals surface area contributed by atoms with Gasteiger partial charge in [-0.3, -0.25) is 20.9 Å². The first-order valence-corrected chi connectivity index (χ1v) is 7.96. The van der Waals surface area contributed by atoms with E-state index >= 15 is 0 Å². The highest BCUT2D eigenvalue weighted by molar-refractivity contribution is 5.78. The van der Waals surface area contributed by atoms with Crippen LogP contribution in [0.25, 0.3) is 0 Å². The van der Waals surface area contributed by atoms with E-state index in [1.54, 1.807) is 0 Å².